The number of nitrogens with one attached hydrogen (secondary N) is 1. The van der Waals surface area contributed by atoms with E-state index in [1.807, 2.05) is 4.98 Å². The molecule has 0 bridgehead atoms. The van der Waals surface area contributed by atoms with E-state index in [1.54, 1.807) is 6.08 Å². The fraction of sp³-hybridized carbons (Fsp3) is 0.300. The lowest BCUT2D eigenvalue weighted by Crippen LogP contribution is -2.21. The van der Waals surface area contributed by atoms with Gasteiger partial charge in [-0.05, 0) is 24.6 Å². The highest BCUT2D eigenvalue weighted by atomic mass is 19.4. The van der Waals surface area contributed by atoms with Gasteiger partial charge in [0.1, 0.15) is 5.56 Å². The summed E-state index contributed by atoms with van der Waals surface area (Å²) in [5, 5.41) is 0. The molecule has 16 heavy (non-hydrogen) atoms. The number of halogens is 3. The molecule has 1 heterocycles. The molecule has 1 aromatic rings. The molecule has 0 spiro atoms. The number of hydrogen-bond donors (Lipinski definition) is 2. The quantitative estimate of drug-likeness (QED) is 0.834. The molecule has 1 aromatic heterocycles. The highest BCUT2D eigenvalue weighted by Gasteiger charge is 2.33. The van der Waals surface area contributed by atoms with Gasteiger partial charge in [-0.15, -0.1) is 0 Å². The molecular weight excluding hydrogens is 221 g/mol. The first-order valence-corrected chi connectivity index (χ1v) is 4.61. The van der Waals surface area contributed by atoms with E-state index in [1.165, 1.54) is 12.3 Å². The van der Waals surface area contributed by atoms with Crippen LogP contribution in [0.3, 0.4) is 0 Å². The van der Waals surface area contributed by atoms with Crippen LogP contribution in [0.1, 0.15) is 17.5 Å². The molecule has 0 atom stereocenters. The van der Waals surface area contributed by atoms with Crippen molar-refractivity contribution in [2.45, 2.75) is 12.6 Å². The number of aromatic nitrogens is 1. The van der Waals surface area contributed by atoms with E-state index in [-0.39, 0.29) is 0 Å². The van der Waals surface area contributed by atoms with Gasteiger partial charge in [0.05, 0.1) is 0 Å². The Morgan fingerprint density at radius 1 is 1.44 bits per heavy atom. The summed E-state index contributed by atoms with van der Waals surface area (Å²) in [6, 6.07) is 0.811. The van der Waals surface area contributed by atoms with E-state index >= 15 is 0 Å². The minimum absolute atomic E-state index is 0.292. The predicted octanol–water partition coefficient (Wildman–Crippen LogP) is 1.76. The average molecular weight is 232 g/mol. The number of nitrogens with two attached hydrogens (primary N) is 1. The molecule has 0 aromatic carbocycles. The van der Waals surface area contributed by atoms with Gasteiger partial charge in [0.2, 0.25) is 0 Å². The summed E-state index contributed by atoms with van der Waals surface area (Å²) in [6.07, 6.45) is 0.294. The number of hydrogen-bond acceptors (Lipinski definition) is 2. The van der Waals surface area contributed by atoms with Crippen LogP contribution in [-0.4, -0.2) is 11.5 Å². The second-order valence-corrected chi connectivity index (χ2v) is 3.15. The zero-order valence-corrected chi connectivity index (χ0v) is 8.34. The maximum Gasteiger partial charge on any atom is 0.421 e. The average Bonchev–Trinajstić information content (AvgIpc) is 2.19. The van der Waals surface area contributed by atoms with Gasteiger partial charge in [-0.25, -0.2) is 0 Å². The molecule has 6 heteroatoms. The molecule has 3 N–H and O–H groups in total. The van der Waals surface area contributed by atoms with Crippen molar-refractivity contribution in [3.8, 4) is 0 Å². The summed E-state index contributed by atoms with van der Waals surface area (Å²) in [7, 11) is 0. The van der Waals surface area contributed by atoms with Gasteiger partial charge in [-0.1, -0.05) is 12.2 Å². The Hall–Kier alpha value is -1.56. The fourth-order valence-corrected chi connectivity index (χ4v) is 1.12. The third kappa shape index (κ3) is 3.23. The lowest BCUT2D eigenvalue weighted by Gasteiger charge is -2.05. The molecule has 0 aliphatic carbocycles. The SMILES string of the molecule is NCCC=Cc1c[nH]c(=O)c(C(F)(F)F)c1. The Bertz CT molecular complexity index is 434. The topological polar surface area (TPSA) is 58.9 Å². The molecule has 0 aliphatic rings. The van der Waals surface area contributed by atoms with Crippen molar-refractivity contribution < 1.29 is 13.2 Å². The van der Waals surface area contributed by atoms with Gasteiger partial charge in [0.25, 0.3) is 5.56 Å². The zero-order chi connectivity index (χ0) is 12.2. The van der Waals surface area contributed by atoms with E-state index < -0.39 is 17.3 Å². The van der Waals surface area contributed by atoms with Gasteiger partial charge in [0.15, 0.2) is 0 Å². The summed E-state index contributed by atoms with van der Waals surface area (Å²) in [6.45, 7) is 0.423. The van der Waals surface area contributed by atoms with Crippen LogP contribution in [0.15, 0.2) is 23.1 Å². The molecule has 0 unspecified atom stereocenters. The first kappa shape index (κ1) is 12.5. The van der Waals surface area contributed by atoms with Gasteiger partial charge in [-0.3, -0.25) is 4.79 Å². The Kier molecular flexibility index (Phi) is 3.89. The standard InChI is InChI=1S/C10H11F3N2O/c11-10(12,13)8-5-7(3-1-2-4-14)6-15-9(8)16/h1,3,5-6H,2,4,14H2,(H,15,16). The fourth-order valence-electron chi connectivity index (χ4n) is 1.12. The normalized spacial score (nSPS) is 12.2. The van der Waals surface area contributed by atoms with Crippen LogP contribution >= 0.6 is 0 Å². The maximum atomic E-state index is 12.4. The number of aromatic amines is 1. The number of rotatable bonds is 3. The molecule has 1 rings (SSSR count). The number of H-pyrrole nitrogens is 1. The summed E-state index contributed by atoms with van der Waals surface area (Å²) < 4.78 is 37.1. The van der Waals surface area contributed by atoms with Crippen molar-refractivity contribution in [1.29, 1.82) is 0 Å². The Morgan fingerprint density at radius 2 is 2.12 bits per heavy atom. The lowest BCUT2D eigenvalue weighted by molar-refractivity contribution is -0.138. The molecule has 3 nitrogen and oxygen atoms in total. The smallest absolute Gasteiger partial charge is 0.330 e. The Labute approximate surface area is 89.8 Å². The third-order valence-electron chi connectivity index (χ3n) is 1.87. The third-order valence-corrected chi connectivity index (χ3v) is 1.87. The highest BCUT2D eigenvalue weighted by molar-refractivity contribution is 5.48. The van der Waals surface area contributed by atoms with Crippen molar-refractivity contribution in [2.24, 2.45) is 5.73 Å². The van der Waals surface area contributed by atoms with E-state index in [4.69, 9.17) is 5.73 Å². The first-order chi connectivity index (χ1) is 7.45. The molecular formula is C10H11F3N2O. The number of pyridine rings is 1. The Balaban J connectivity index is 3.04. The molecule has 0 aliphatic heterocycles. The van der Waals surface area contributed by atoms with Gasteiger partial charge >= 0.3 is 6.18 Å². The Morgan fingerprint density at radius 3 is 2.69 bits per heavy atom. The van der Waals surface area contributed by atoms with Crippen molar-refractivity contribution in [2.75, 3.05) is 6.54 Å². The first-order valence-electron chi connectivity index (χ1n) is 4.61. The minimum Gasteiger partial charge on any atom is -0.330 e. The molecule has 0 fully saturated rings. The predicted molar refractivity (Wildman–Crippen MR) is 54.8 cm³/mol. The molecule has 0 radical (unpaired) electrons. The van der Waals surface area contributed by atoms with Crippen LogP contribution in [0.2, 0.25) is 0 Å². The molecule has 0 saturated heterocycles. The summed E-state index contributed by atoms with van der Waals surface area (Å²) in [4.78, 5) is 13.0. The summed E-state index contributed by atoms with van der Waals surface area (Å²) >= 11 is 0. The van der Waals surface area contributed by atoms with E-state index in [0.717, 1.165) is 6.07 Å². The summed E-state index contributed by atoms with van der Waals surface area (Å²) in [5.74, 6) is 0. The zero-order valence-electron chi connectivity index (χ0n) is 8.34. The summed E-state index contributed by atoms with van der Waals surface area (Å²) in [5.41, 5.74) is 3.19. The maximum absolute atomic E-state index is 12.4. The van der Waals surface area contributed by atoms with Gasteiger partial charge < -0.3 is 10.7 Å². The minimum atomic E-state index is -4.63. The van der Waals surface area contributed by atoms with Crippen molar-refractivity contribution in [3.05, 3.63) is 39.8 Å². The van der Waals surface area contributed by atoms with Gasteiger partial charge in [-0.2, -0.15) is 13.2 Å². The highest BCUT2D eigenvalue weighted by Crippen LogP contribution is 2.26. The number of alkyl halides is 3. The van der Waals surface area contributed by atoms with Crippen molar-refractivity contribution in [3.63, 3.8) is 0 Å². The molecule has 0 saturated carbocycles. The second kappa shape index (κ2) is 4.98. The largest absolute Gasteiger partial charge is 0.421 e. The van der Waals surface area contributed by atoms with E-state index in [2.05, 4.69) is 0 Å². The molecule has 88 valence electrons. The van der Waals surface area contributed by atoms with Crippen LogP contribution in [0.25, 0.3) is 6.08 Å². The van der Waals surface area contributed by atoms with Crippen molar-refractivity contribution in [1.82, 2.24) is 4.98 Å². The van der Waals surface area contributed by atoms with Gasteiger partial charge in [0, 0.05) is 6.20 Å². The monoisotopic (exact) mass is 232 g/mol. The van der Waals surface area contributed by atoms with Crippen LogP contribution in [-0.2, 0) is 6.18 Å². The van der Waals surface area contributed by atoms with Crippen LogP contribution in [0.4, 0.5) is 13.2 Å². The van der Waals surface area contributed by atoms with E-state index in [0.29, 0.717) is 18.5 Å². The second-order valence-electron chi connectivity index (χ2n) is 3.15. The van der Waals surface area contributed by atoms with E-state index in [9.17, 15) is 18.0 Å². The van der Waals surface area contributed by atoms with Crippen LogP contribution in [0, 0.1) is 0 Å². The van der Waals surface area contributed by atoms with Crippen LogP contribution < -0.4 is 11.3 Å². The molecule has 0 amide bonds. The lowest BCUT2D eigenvalue weighted by atomic mass is 10.2. The van der Waals surface area contributed by atoms with Crippen molar-refractivity contribution >= 4 is 6.08 Å². The van der Waals surface area contributed by atoms with Crippen LogP contribution in [0.5, 0.6) is 0 Å².